The molecule has 0 spiro atoms. The van der Waals surface area contributed by atoms with E-state index in [1.807, 2.05) is 12.1 Å². The van der Waals surface area contributed by atoms with Crippen molar-refractivity contribution in [3.05, 3.63) is 152 Å². The van der Waals surface area contributed by atoms with Crippen molar-refractivity contribution in [1.82, 2.24) is 15.0 Å². The number of aromatic nitrogens is 3. The Bertz CT molecular complexity index is 2770. The molecular weight excluding hydrogens is 574 g/mol. The number of hydrogen-bond acceptors (Lipinski definition) is 4. The Balaban J connectivity index is 1.25. The van der Waals surface area contributed by atoms with E-state index in [2.05, 4.69) is 140 Å². The number of nitrogens with zero attached hydrogens (tertiary/aromatic N) is 3. The van der Waals surface area contributed by atoms with Gasteiger partial charge in [0.2, 0.25) is 0 Å². The first-order valence-electron chi connectivity index (χ1n) is 15.8. The fourth-order valence-electron chi connectivity index (χ4n) is 6.96. The van der Waals surface area contributed by atoms with E-state index in [1.165, 1.54) is 16.2 Å². The van der Waals surface area contributed by atoms with Crippen LogP contribution in [0.15, 0.2) is 156 Å². The summed E-state index contributed by atoms with van der Waals surface area (Å²) in [6, 6.07) is 52.8. The van der Waals surface area contributed by atoms with Gasteiger partial charge in [-0.3, -0.25) is 0 Å². The maximum absolute atomic E-state index is 6.50. The first-order valence-corrected chi connectivity index (χ1v) is 15.8. The summed E-state index contributed by atoms with van der Waals surface area (Å²) < 4.78 is 6.50. The molecule has 4 heteroatoms. The second-order valence-corrected chi connectivity index (χ2v) is 12.0. The van der Waals surface area contributed by atoms with Crippen LogP contribution < -0.4 is 0 Å². The molecule has 0 bridgehead atoms. The summed E-state index contributed by atoms with van der Waals surface area (Å²) in [5, 5.41) is 11.4. The number of hydrogen-bond donors (Lipinski definition) is 0. The van der Waals surface area contributed by atoms with Crippen molar-refractivity contribution in [3.8, 4) is 34.2 Å². The second kappa shape index (κ2) is 10.1. The molecule has 0 radical (unpaired) electrons. The van der Waals surface area contributed by atoms with Gasteiger partial charge in [-0.15, -0.1) is 0 Å². The molecule has 47 heavy (non-hydrogen) atoms. The van der Waals surface area contributed by atoms with Gasteiger partial charge in [0, 0.05) is 32.8 Å². The standard InChI is InChI=1S/C43H25N3O/c1-3-11-28-23-30(19-17-26(28)9-1)41-44-42(31-20-18-27-10-2-4-12-29(27)24-31)46-43(45-41)32-21-22-34-33-13-5-6-14-35(33)40-39(37(34)25-32)36-15-7-8-16-38(36)47-40/h1-25H. The van der Waals surface area contributed by atoms with Crippen molar-refractivity contribution >= 4 is 65.0 Å². The van der Waals surface area contributed by atoms with Gasteiger partial charge in [-0.05, 0) is 62.0 Å². The van der Waals surface area contributed by atoms with Crippen molar-refractivity contribution in [1.29, 1.82) is 0 Å². The van der Waals surface area contributed by atoms with E-state index in [1.54, 1.807) is 0 Å². The summed E-state index contributed by atoms with van der Waals surface area (Å²) in [7, 11) is 0. The molecule has 0 N–H and O–H groups in total. The van der Waals surface area contributed by atoms with Crippen molar-refractivity contribution in [2.24, 2.45) is 0 Å². The van der Waals surface area contributed by atoms with Crippen molar-refractivity contribution in [3.63, 3.8) is 0 Å². The zero-order chi connectivity index (χ0) is 30.9. The molecule has 2 aromatic heterocycles. The summed E-state index contributed by atoms with van der Waals surface area (Å²) in [5.74, 6) is 1.91. The maximum atomic E-state index is 6.50. The Hall–Kier alpha value is -6.39. The Labute approximate surface area is 269 Å². The SMILES string of the molecule is c1ccc2cc(-c3nc(-c4ccc5ccccc5c4)nc(-c4ccc5c6ccccc6c6oc7ccccc7c6c5c4)n3)ccc2c1. The molecule has 4 nitrogen and oxygen atoms in total. The Morgan fingerprint density at radius 1 is 0.340 bits per heavy atom. The number of rotatable bonds is 3. The first kappa shape index (κ1) is 25.9. The van der Waals surface area contributed by atoms with E-state index >= 15 is 0 Å². The lowest BCUT2D eigenvalue weighted by atomic mass is 9.95. The Morgan fingerprint density at radius 2 is 0.809 bits per heavy atom. The minimum absolute atomic E-state index is 0.627. The van der Waals surface area contributed by atoms with Crippen LogP contribution in [-0.2, 0) is 0 Å². The molecule has 218 valence electrons. The third-order valence-electron chi connectivity index (χ3n) is 9.26. The number of benzene rings is 8. The lowest BCUT2D eigenvalue weighted by molar-refractivity contribution is 0.673. The molecule has 0 fully saturated rings. The minimum atomic E-state index is 0.627. The average Bonchev–Trinajstić information content (AvgIpc) is 3.54. The largest absolute Gasteiger partial charge is 0.455 e. The molecular formula is C43H25N3O. The molecule has 2 heterocycles. The van der Waals surface area contributed by atoms with Crippen LogP contribution in [0.3, 0.4) is 0 Å². The van der Waals surface area contributed by atoms with Crippen LogP contribution in [0.4, 0.5) is 0 Å². The second-order valence-electron chi connectivity index (χ2n) is 12.0. The summed E-state index contributed by atoms with van der Waals surface area (Å²) in [4.78, 5) is 15.3. The summed E-state index contributed by atoms with van der Waals surface area (Å²) >= 11 is 0. The van der Waals surface area contributed by atoms with Crippen LogP contribution in [0.5, 0.6) is 0 Å². The lowest BCUT2D eigenvalue weighted by Crippen LogP contribution is -2.00. The van der Waals surface area contributed by atoms with Gasteiger partial charge in [-0.2, -0.15) is 0 Å². The topological polar surface area (TPSA) is 51.8 Å². The Kier molecular flexibility index (Phi) is 5.54. The third-order valence-corrected chi connectivity index (χ3v) is 9.26. The van der Waals surface area contributed by atoms with E-state index in [9.17, 15) is 0 Å². The zero-order valence-electron chi connectivity index (χ0n) is 25.2. The fraction of sp³-hybridized carbons (Fsp3) is 0. The fourth-order valence-corrected chi connectivity index (χ4v) is 6.96. The summed E-state index contributed by atoms with van der Waals surface area (Å²) in [5.41, 5.74) is 4.60. The van der Waals surface area contributed by atoms with Crippen LogP contribution in [0.25, 0.3) is 99.2 Å². The van der Waals surface area contributed by atoms with Crippen molar-refractivity contribution in [2.75, 3.05) is 0 Å². The van der Waals surface area contributed by atoms with E-state index in [4.69, 9.17) is 19.4 Å². The number of para-hydroxylation sites is 1. The normalized spacial score (nSPS) is 11.8. The molecule has 0 saturated carbocycles. The predicted molar refractivity (Wildman–Crippen MR) is 193 cm³/mol. The number of fused-ring (bicyclic) bond motifs is 10. The molecule has 0 aliphatic rings. The predicted octanol–water partition coefficient (Wildman–Crippen LogP) is 11.4. The van der Waals surface area contributed by atoms with E-state index < -0.39 is 0 Å². The minimum Gasteiger partial charge on any atom is -0.455 e. The highest BCUT2D eigenvalue weighted by Crippen LogP contribution is 2.42. The van der Waals surface area contributed by atoms with Gasteiger partial charge < -0.3 is 4.42 Å². The van der Waals surface area contributed by atoms with Gasteiger partial charge in [-0.1, -0.05) is 127 Å². The number of furan rings is 1. The molecule has 10 rings (SSSR count). The van der Waals surface area contributed by atoms with E-state index in [0.717, 1.165) is 65.6 Å². The molecule has 0 unspecified atom stereocenters. The van der Waals surface area contributed by atoms with Gasteiger partial charge in [-0.25, -0.2) is 15.0 Å². The summed E-state index contributed by atoms with van der Waals surface area (Å²) in [6.45, 7) is 0. The van der Waals surface area contributed by atoms with Crippen molar-refractivity contribution in [2.45, 2.75) is 0 Å². The van der Waals surface area contributed by atoms with Gasteiger partial charge >= 0.3 is 0 Å². The quantitative estimate of drug-likeness (QED) is 0.190. The monoisotopic (exact) mass is 599 g/mol. The van der Waals surface area contributed by atoms with Crippen LogP contribution >= 0.6 is 0 Å². The van der Waals surface area contributed by atoms with Gasteiger partial charge in [0.25, 0.3) is 0 Å². The maximum Gasteiger partial charge on any atom is 0.164 e. The molecule has 8 aromatic carbocycles. The zero-order valence-corrected chi connectivity index (χ0v) is 25.2. The molecule has 0 aliphatic heterocycles. The first-order chi connectivity index (χ1) is 23.3. The molecule has 0 amide bonds. The summed E-state index contributed by atoms with van der Waals surface area (Å²) in [6.07, 6.45) is 0. The molecule has 0 atom stereocenters. The van der Waals surface area contributed by atoms with Crippen molar-refractivity contribution < 1.29 is 4.42 Å². The molecule has 0 aliphatic carbocycles. The molecule has 0 saturated heterocycles. The smallest absolute Gasteiger partial charge is 0.164 e. The van der Waals surface area contributed by atoms with Crippen LogP contribution in [0, 0.1) is 0 Å². The Morgan fingerprint density at radius 3 is 1.45 bits per heavy atom. The highest BCUT2D eigenvalue weighted by molar-refractivity contribution is 6.30. The lowest BCUT2D eigenvalue weighted by Gasteiger charge is -2.11. The van der Waals surface area contributed by atoms with E-state index in [-0.39, 0.29) is 0 Å². The van der Waals surface area contributed by atoms with Crippen LogP contribution in [0.2, 0.25) is 0 Å². The van der Waals surface area contributed by atoms with Gasteiger partial charge in [0.1, 0.15) is 11.2 Å². The average molecular weight is 600 g/mol. The van der Waals surface area contributed by atoms with Crippen LogP contribution in [-0.4, -0.2) is 15.0 Å². The molecule has 10 aromatic rings. The third kappa shape index (κ3) is 4.12. The van der Waals surface area contributed by atoms with Gasteiger partial charge in [0.05, 0.1) is 0 Å². The van der Waals surface area contributed by atoms with Gasteiger partial charge in [0.15, 0.2) is 17.5 Å². The van der Waals surface area contributed by atoms with E-state index in [0.29, 0.717) is 17.5 Å². The van der Waals surface area contributed by atoms with Crippen LogP contribution in [0.1, 0.15) is 0 Å². The highest BCUT2D eigenvalue weighted by Gasteiger charge is 2.18. The highest BCUT2D eigenvalue weighted by atomic mass is 16.3.